The molecule has 0 spiro atoms. The predicted octanol–water partition coefficient (Wildman–Crippen LogP) is -1.75. The van der Waals surface area contributed by atoms with E-state index in [9.17, 15) is 25.5 Å². The molecule has 2 heterocycles. The van der Waals surface area contributed by atoms with Gasteiger partial charge in [-0.05, 0) is 5.53 Å². The van der Waals surface area contributed by atoms with E-state index < -0.39 is 62.0 Å². The van der Waals surface area contributed by atoms with Gasteiger partial charge in [-0.3, -0.25) is 0 Å². The van der Waals surface area contributed by atoms with E-state index in [1.807, 2.05) is 0 Å². The maximum absolute atomic E-state index is 10.3. The Morgan fingerprint density at radius 2 is 1.68 bits per heavy atom. The molecule has 10 nitrogen and oxygen atoms in total. The van der Waals surface area contributed by atoms with E-state index in [2.05, 4.69) is 10.0 Å². The highest BCUT2D eigenvalue weighted by molar-refractivity contribution is 4.95. The summed E-state index contributed by atoms with van der Waals surface area (Å²) in [5.74, 6) is -0.675. The van der Waals surface area contributed by atoms with Gasteiger partial charge in [0.2, 0.25) is 0 Å². The van der Waals surface area contributed by atoms with Crippen molar-refractivity contribution in [2.75, 3.05) is 13.2 Å². The van der Waals surface area contributed by atoms with Crippen LogP contribution in [0.4, 0.5) is 0 Å². The van der Waals surface area contributed by atoms with Gasteiger partial charge in [-0.2, -0.15) is 0 Å². The third kappa shape index (κ3) is 3.50. The lowest BCUT2D eigenvalue weighted by Crippen LogP contribution is -2.58. The first-order valence-electron chi connectivity index (χ1n) is 7.12. The van der Waals surface area contributed by atoms with Gasteiger partial charge in [-0.15, -0.1) is 0 Å². The number of rotatable bonds is 4. The standard InChI is InChI=1S/C12H21N3O7/c13-15-14-10-2-5(18)11(8(3-16)22-10)7-1-6(19)12(20)9(4-17)21-7/h5-12,16-20H,1-4H2/t5-,6-,7?,8?,9-,10?,11-,12+/m1/s1. The SMILES string of the molecule is [N-]=[N+]=NC1C[C@@H](O)[C@H](C2C[C@@H](O)[C@H](O)[C@@H](CO)O2)C(CO)O1. The summed E-state index contributed by atoms with van der Waals surface area (Å²) in [6.45, 7) is -0.912. The second-order valence-electron chi connectivity index (χ2n) is 5.59. The van der Waals surface area contributed by atoms with Crippen LogP contribution in [-0.2, 0) is 9.47 Å². The molecule has 3 unspecified atom stereocenters. The first-order valence-corrected chi connectivity index (χ1v) is 7.12. The maximum atomic E-state index is 10.3. The van der Waals surface area contributed by atoms with Gasteiger partial charge in [0.05, 0.1) is 37.6 Å². The molecule has 0 bridgehead atoms. The van der Waals surface area contributed by atoms with Crippen LogP contribution in [0.15, 0.2) is 5.11 Å². The molecule has 0 saturated carbocycles. The van der Waals surface area contributed by atoms with Crippen LogP contribution in [0.1, 0.15) is 12.8 Å². The monoisotopic (exact) mass is 319 g/mol. The Balaban J connectivity index is 2.13. The van der Waals surface area contributed by atoms with Gasteiger partial charge in [0.25, 0.3) is 0 Å². The molecule has 0 aromatic heterocycles. The van der Waals surface area contributed by atoms with Crippen molar-refractivity contribution in [3.8, 4) is 0 Å². The molecule has 8 atom stereocenters. The third-order valence-corrected chi connectivity index (χ3v) is 4.22. The topological polar surface area (TPSA) is 168 Å². The Hall–Kier alpha value is -0.970. The lowest BCUT2D eigenvalue weighted by Gasteiger charge is -2.46. The van der Waals surface area contributed by atoms with E-state index in [1.165, 1.54) is 0 Å². The molecule has 2 saturated heterocycles. The summed E-state index contributed by atoms with van der Waals surface area (Å²) in [6.07, 6.45) is -6.66. The summed E-state index contributed by atoms with van der Waals surface area (Å²) in [5, 5.41) is 51.9. The quantitative estimate of drug-likeness (QED) is 0.232. The molecule has 2 fully saturated rings. The van der Waals surface area contributed by atoms with Crippen LogP contribution >= 0.6 is 0 Å². The summed E-state index contributed by atoms with van der Waals surface area (Å²) in [7, 11) is 0. The van der Waals surface area contributed by atoms with E-state index in [0.717, 1.165) is 0 Å². The zero-order chi connectivity index (χ0) is 16.3. The molecule has 2 aliphatic rings. The van der Waals surface area contributed by atoms with Crippen LogP contribution in [0, 0.1) is 5.92 Å². The summed E-state index contributed by atoms with van der Waals surface area (Å²) >= 11 is 0. The summed E-state index contributed by atoms with van der Waals surface area (Å²) in [5.41, 5.74) is 8.43. The molecule has 0 aromatic carbocycles. The number of azide groups is 1. The van der Waals surface area contributed by atoms with Crippen LogP contribution in [0.5, 0.6) is 0 Å². The summed E-state index contributed by atoms with van der Waals surface area (Å²) < 4.78 is 11.0. The van der Waals surface area contributed by atoms with Gasteiger partial charge in [-0.1, -0.05) is 5.11 Å². The average molecular weight is 319 g/mol. The van der Waals surface area contributed by atoms with E-state index in [4.69, 9.17) is 15.0 Å². The Labute approximate surface area is 126 Å². The van der Waals surface area contributed by atoms with Gasteiger partial charge >= 0.3 is 0 Å². The zero-order valence-electron chi connectivity index (χ0n) is 11.8. The third-order valence-electron chi connectivity index (χ3n) is 4.22. The van der Waals surface area contributed by atoms with Gasteiger partial charge < -0.3 is 35.0 Å². The fourth-order valence-electron chi connectivity index (χ4n) is 3.13. The van der Waals surface area contributed by atoms with Crippen LogP contribution < -0.4 is 0 Å². The number of hydrogen-bond donors (Lipinski definition) is 5. The minimum Gasteiger partial charge on any atom is -0.394 e. The van der Waals surface area contributed by atoms with Crippen LogP contribution in [-0.4, -0.2) is 81.6 Å². The van der Waals surface area contributed by atoms with Gasteiger partial charge in [0, 0.05) is 23.7 Å². The number of nitrogens with zero attached hydrogens (tertiary/aromatic N) is 3. The minimum absolute atomic E-state index is 0.0332. The molecule has 10 heteroatoms. The highest BCUT2D eigenvalue weighted by Crippen LogP contribution is 2.35. The molecular weight excluding hydrogens is 298 g/mol. The Kier molecular flexibility index (Phi) is 5.95. The van der Waals surface area contributed by atoms with Gasteiger partial charge in [-0.25, -0.2) is 0 Å². The second kappa shape index (κ2) is 7.53. The molecule has 0 radical (unpaired) electrons. The van der Waals surface area contributed by atoms with E-state index in [0.29, 0.717) is 0 Å². The van der Waals surface area contributed by atoms with Crippen molar-refractivity contribution in [2.45, 2.75) is 55.7 Å². The number of hydrogen-bond acceptors (Lipinski definition) is 8. The van der Waals surface area contributed by atoms with Crippen molar-refractivity contribution in [3.05, 3.63) is 10.4 Å². The van der Waals surface area contributed by atoms with Crippen LogP contribution in [0.25, 0.3) is 10.4 Å². The van der Waals surface area contributed by atoms with Crippen molar-refractivity contribution in [3.63, 3.8) is 0 Å². The zero-order valence-corrected chi connectivity index (χ0v) is 11.8. The Morgan fingerprint density at radius 3 is 2.27 bits per heavy atom. The number of ether oxygens (including phenoxy) is 2. The van der Waals surface area contributed by atoms with Crippen molar-refractivity contribution < 1.29 is 35.0 Å². The predicted molar refractivity (Wildman–Crippen MR) is 71.4 cm³/mol. The molecule has 22 heavy (non-hydrogen) atoms. The molecule has 126 valence electrons. The molecule has 0 aromatic rings. The van der Waals surface area contributed by atoms with Gasteiger partial charge in [0.1, 0.15) is 18.4 Å². The first-order chi connectivity index (χ1) is 10.5. The number of aliphatic hydroxyl groups excluding tert-OH is 5. The molecular formula is C12H21N3O7. The highest BCUT2D eigenvalue weighted by atomic mass is 16.5. The molecule has 2 aliphatic heterocycles. The lowest BCUT2D eigenvalue weighted by atomic mass is 9.81. The first kappa shape index (κ1) is 17.4. The average Bonchev–Trinajstić information content (AvgIpc) is 2.49. The molecule has 5 N–H and O–H groups in total. The van der Waals surface area contributed by atoms with Crippen molar-refractivity contribution >= 4 is 0 Å². The smallest absolute Gasteiger partial charge is 0.139 e. The largest absolute Gasteiger partial charge is 0.394 e. The van der Waals surface area contributed by atoms with Crippen LogP contribution in [0.2, 0.25) is 0 Å². The molecule has 2 rings (SSSR count). The summed E-state index contributed by atoms with van der Waals surface area (Å²) in [6, 6.07) is 0. The van der Waals surface area contributed by atoms with E-state index >= 15 is 0 Å². The van der Waals surface area contributed by atoms with E-state index in [-0.39, 0.29) is 12.8 Å². The lowest BCUT2D eigenvalue weighted by molar-refractivity contribution is -0.237. The Morgan fingerprint density at radius 1 is 1.00 bits per heavy atom. The Bertz CT molecular complexity index is 420. The minimum atomic E-state index is -1.22. The second-order valence-corrected chi connectivity index (χ2v) is 5.59. The maximum Gasteiger partial charge on any atom is 0.139 e. The van der Waals surface area contributed by atoms with Crippen molar-refractivity contribution in [1.82, 2.24) is 0 Å². The molecule has 0 aliphatic carbocycles. The highest BCUT2D eigenvalue weighted by Gasteiger charge is 2.47. The summed E-state index contributed by atoms with van der Waals surface area (Å²) in [4.78, 5) is 2.62. The normalized spacial score (nSPS) is 46.0. The fourth-order valence-corrected chi connectivity index (χ4v) is 3.13. The number of aliphatic hydroxyl groups is 5. The van der Waals surface area contributed by atoms with Crippen molar-refractivity contribution in [1.29, 1.82) is 0 Å². The van der Waals surface area contributed by atoms with Crippen molar-refractivity contribution in [2.24, 2.45) is 11.0 Å². The fraction of sp³-hybridized carbons (Fsp3) is 1.00. The van der Waals surface area contributed by atoms with Gasteiger partial charge in [0.15, 0.2) is 0 Å². The molecule has 0 amide bonds. The van der Waals surface area contributed by atoms with Crippen LogP contribution in [0.3, 0.4) is 0 Å². The van der Waals surface area contributed by atoms with E-state index in [1.54, 1.807) is 0 Å².